The highest BCUT2D eigenvalue weighted by Crippen LogP contribution is 2.23. The molecule has 0 radical (unpaired) electrons. The number of thioether (sulfide) groups is 1. The fourth-order valence-electron chi connectivity index (χ4n) is 2.57. The zero-order valence-electron chi connectivity index (χ0n) is 13.2. The van der Waals surface area contributed by atoms with E-state index in [4.69, 9.17) is 4.74 Å². The molecule has 0 spiro atoms. The predicted octanol–water partition coefficient (Wildman–Crippen LogP) is 2.88. The highest BCUT2D eigenvalue weighted by Gasteiger charge is 2.30. The van der Waals surface area contributed by atoms with Gasteiger partial charge < -0.3 is 4.74 Å². The van der Waals surface area contributed by atoms with E-state index >= 15 is 0 Å². The third-order valence-electron chi connectivity index (χ3n) is 4.00. The van der Waals surface area contributed by atoms with Crippen LogP contribution in [0.25, 0.3) is 0 Å². The van der Waals surface area contributed by atoms with Crippen molar-refractivity contribution in [1.29, 1.82) is 0 Å². The van der Waals surface area contributed by atoms with Crippen LogP contribution >= 0.6 is 11.8 Å². The standard InChI is InChI=1S/C17H25NO2S/c1-17(2,13-18-8-10-20-11-9-18)16(19)12-14-4-6-15(21-3)7-5-14/h4-7H,8-13H2,1-3H3. The van der Waals surface area contributed by atoms with Gasteiger partial charge in [0.1, 0.15) is 5.78 Å². The molecule has 2 rings (SSSR count). The average Bonchev–Trinajstić information content (AvgIpc) is 2.48. The molecule has 0 aliphatic carbocycles. The van der Waals surface area contributed by atoms with Gasteiger partial charge in [-0.3, -0.25) is 9.69 Å². The fourth-order valence-corrected chi connectivity index (χ4v) is 2.98. The minimum Gasteiger partial charge on any atom is -0.379 e. The Morgan fingerprint density at radius 2 is 1.86 bits per heavy atom. The van der Waals surface area contributed by atoms with Gasteiger partial charge in [-0.1, -0.05) is 26.0 Å². The normalized spacial score (nSPS) is 16.9. The SMILES string of the molecule is CSc1ccc(CC(=O)C(C)(C)CN2CCOCC2)cc1. The second kappa shape index (κ2) is 7.43. The molecule has 1 aromatic carbocycles. The van der Waals surface area contributed by atoms with Crippen molar-refractivity contribution in [2.24, 2.45) is 5.41 Å². The van der Waals surface area contributed by atoms with E-state index in [-0.39, 0.29) is 5.41 Å². The summed E-state index contributed by atoms with van der Waals surface area (Å²) in [6.07, 6.45) is 2.58. The number of carbonyl (C=O) groups is 1. The molecule has 116 valence electrons. The van der Waals surface area contributed by atoms with Crippen molar-refractivity contribution in [2.45, 2.75) is 25.2 Å². The number of Topliss-reactive ketones (excluding diaryl/α,β-unsaturated/α-hetero) is 1. The maximum atomic E-state index is 12.6. The zero-order valence-corrected chi connectivity index (χ0v) is 14.0. The lowest BCUT2D eigenvalue weighted by Gasteiger charge is -2.34. The zero-order chi connectivity index (χ0) is 15.3. The molecule has 1 saturated heterocycles. The van der Waals surface area contributed by atoms with Crippen molar-refractivity contribution >= 4 is 17.5 Å². The Kier molecular flexibility index (Phi) is 5.85. The lowest BCUT2D eigenvalue weighted by Crippen LogP contribution is -2.45. The second-order valence-electron chi connectivity index (χ2n) is 6.22. The minimum atomic E-state index is -0.310. The monoisotopic (exact) mass is 307 g/mol. The Balaban J connectivity index is 1.93. The Hall–Kier alpha value is -0.840. The first-order valence-corrected chi connectivity index (χ1v) is 8.70. The Bertz CT molecular complexity index is 464. The first-order chi connectivity index (χ1) is 10.0. The van der Waals surface area contributed by atoms with Crippen LogP contribution in [0.5, 0.6) is 0 Å². The number of morpholine rings is 1. The van der Waals surface area contributed by atoms with Crippen molar-refractivity contribution in [3.63, 3.8) is 0 Å². The van der Waals surface area contributed by atoms with E-state index in [0.29, 0.717) is 12.2 Å². The van der Waals surface area contributed by atoms with Crippen LogP contribution in [0.4, 0.5) is 0 Å². The van der Waals surface area contributed by atoms with Crippen molar-refractivity contribution in [1.82, 2.24) is 4.90 Å². The summed E-state index contributed by atoms with van der Waals surface area (Å²) < 4.78 is 5.36. The van der Waals surface area contributed by atoms with Crippen LogP contribution in [-0.2, 0) is 16.0 Å². The molecule has 0 amide bonds. The fraction of sp³-hybridized carbons (Fsp3) is 0.588. The van der Waals surface area contributed by atoms with Crippen LogP contribution in [0.2, 0.25) is 0 Å². The molecular weight excluding hydrogens is 282 g/mol. The number of ether oxygens (including phenoxy) is 1. The van der Waals surface area contributed by atoms with E-state index in [1.807, 2.05) is 0 Å². The number of hydrogen-bond donors (Lipinski definition) is 0. The molecule has 3 nitrogen and oxygen atoms in total. The molecule has 1 aliphatic heterocycles. The number of nitrogens with zero attached hydrogens (tertiary/aromatic N) is 1. The number of ketones is 1. The van der Waals surface area contributed by atoms with E-state index in [9.17, 15) is 4.79 Å². The van der Waals surface area contributed by atoms with Crippen molar-refractivity contribution in [2.75, 3.05) is 39.1 Å². The minimum absolute atomic E-state index is 0.310. The summed E-state index contributed by atoms with van der Waals surface area (Å²) in [6.45, 7) is 8.35. The van der Waals surface area contributed by atoms with Gasteiger partial charge in [0, 0.05) is 36.4 Å². The van der Waals surface area contributed by atoms with Gasteiger partial charge in [-0.05, 0) is 24.0 Å². The molecule has 1 aliphatic rings. The Morgan fingerprint density at radius 3 is 2.43 bits per heavy atom. The molecule has 0 bridgehead atoms. The summed E-state index contributed by atoms with van der Waals surface area (Å²) in [7, 11) is 0. The molecule has 0 atom stereocenters. The highest BCUT2D eigenvalue weighted by atomic mass is 32.2. The van der Waals surface area contributed by atoms with E-state index < -0.39 is 0 Å². The smallest absolute Gasteiger partial charge is 0.144 e. The van der Waals surface area contributed by atoms with Crippen LogP contribution in [0.15, 0.2) is 29.2 Å². The third kappa shape index (κ3) is 4.83. The molecule has 21 heavy (non-hydrogen) atoms. The molecule has 1 fully saturated rings. The van der Waals surface area contributed by atoms with Crippen LogP contribution in [0, 0.1) is 5.41 Å². The maximum absolute atomic E-state index is 12.6. The summed E-state index contributed by atoms with van der Waals surface area (Å²) in [4.78, 5) is 16.2. The first-order valence-electron chi connectivity index (χ1n) is 7.47. The van der Waals surface area contributed by atoms with Gasteiger partial charge >= 0.3 is 0 Å². The topological polar surface area (TPSA) is 29.5 Å². The molecular formula is C17H25NO2S. The largest absolute Gasteiger partial charge is 0.379 e. The second-order valence-corrected chi connectivity index (χ2v) is 7.10. The van der Waals surface area contributed by atoms with Gasteiger partial charge in [0.05, 0.1) is 13.2 Å². The summed E-state index contributed by atoms with van der Waals surface area (Å²) in [5.41, 5.74) is 0.794. The van der Waals surface area contributed by atoms with Crippen LogP contribution in [0.3, 0.4) is 0 Å². The quantitative estimate of drug-likeness (QED) is 0.756. The third-order valence-corrected chi connectivity index (χ3v) is 4.74. The Labute approximate surface area is 132 Å². The molecule has 4 heteroatoms. The van der Waals surface area contributed by atoms with Gasteiger partial charge in [-0.2, -0.15) is 0 Å². The van der Waals surface area contributed by atoms with Crippen molar-refractivity contribution < 1.29 is 9.53 Å². The van der Waals surface area contributed by atoms with Gasteiger partial charge in [0.25, 0.3) is 0 Å². The van der Waals surface area contributed by atoms with Crippen LogP contribution < -0.4 is 0 Å². The van der Waals surface area contributed by atoms with Crippen molar-refractivity contribution in [3.05, 3.63) is 29.8 Å². The Morgan fingerprint density at radius 1 is 1.24 bits per heavy atom. The predicted molar refractivity (Wildman–Crippen MR) is 88.0 cm³/mol. The van der Waals surface area contributed by atoms with Gasteiger partial charge in [0.15, 0.2) is 0 Å². The molecule has 0 N–H and O–H groups in total. The lowest BCUT2D eigenvalue weighted by molar-refractivity contribution is -0.128. The highest BCUT2D eigenvalue weighted by molar-refractivity contribution is 7.98. The summed E-state index contributed by atoms with van der Waals surface area (Å²) in [5, 5.41) is 0. The molecule has 1 heterocycles. The van der Waals surface area contributed by atoms with E-state index in [1.165, 1.54) is 4.90 Å². The van der Waals surface area contributed by atoms with Crippen molar-refractivity contribution in [3.8, 4) is 0 Å². The number of hydrogen-bond acceptors (Lipinski definition) is 4. The molecule has 1 aromatic rings. The van der Waals surface area contributed by atoms with E-state index in [2.05, 4.69) is 49.3 Å². The van der Waals surface area contributed by atoms with Gasteiger partial charge in [0.2, 0.25) is 0 Å². The average molecular weight is 307 g/mol. The molecule has 0 saturated carbocycles. The van der Waals surface area contributed by atoms with E-state index in [0.717, 1.165) is 38.4 Å². The molecule has 0 unspecified atom stereocenters. The first kappa shape index (κ1) is 16.5. The summed E-state index contributed by atoms with van der Waals surface area (Å²) >= 11 is 1.72. The number of rotatable bonds is 6. The number of carbonyl (C=O) groups excluding carboxylic acids is 1. The van der Waals surface area contributed by atoms with Gasteiger partial charge in [-0.25, -0.2) is 0 Å². The number of benzene rings is 1. The lowest BCUT2D eigenvalue weighted by atomic mass is 9.84. The maximum Gasteiger partial charge on any atom is 0.144 e. The van der Waals surface area contributed by atoms with Crippen LogP contribution in [-0.4, -0.2) is 49.8 Å². The van der Waals surface area contributed by atoms with Gasteiger partial charge in [-0.15, -0.1) is 11.8 Å². The van der Waals surface area contributed by atoms with E-state index in [1.54, 1.807) is 11.8 Å². The summed E-state index contributed by atoms with van der Waals surface area (Å²) in [6, 6.07) is 8.30. The summed E-state index contributed by atoms with van der Waals surface area (Å²) in [5.74, 6) is 0.311. The molecule has 0 aromatic heterocycles. The van der Waals surface area contributed by atoms with Crippen LogP contribution in [0.1, 0.15) is 19.4 Å².